The molecule has 2 N–H and O–H groups in total. The van der Waals surface area contributed by atoms with Gasteiger partial charge in [0.05, 0.1) is 0 Å². The van der Waals surface area contributed by atoms with Gasteiger partial charge in [0.15, 0.2) is 0 Å². The van der Waals surface area contributed by atoms with Crippen LogP contribution < -0.4 is 11.1 Å². The molecule has 0 spiro atoms. The normalized spacial score (nSPS) is 18.4. The lowest BCUT2D eigenvalue weighted by Crippen LogP contribution is -2.42. The first kappa shape index (κ1) is 9.83. The van der Waals surface area contributed by atoms with Gasteiger partial charge in [0.1, 0.15) is 0 Å². The number of carbonyl (C=O) groups excluding carboxylic acids is 2. The zero-order valence-corrected chi connectivity index (χ0v) is 7.67. The fraction of sp³-hybridized carbons (Fsp3) is 0.750. The molecular formula is C8H14N3O2. The second-order valence-electron chi connectivity index (χ2n) is 3.18. The predicted octanol–water partition coefficient (Wildman–Crippen LogP) is -0.153. The van der Waals surface area contributed by atoms with Gasteiger partial charge in [0.25, 0.3) is 0 Å². The Labute approximate surface area is 77.3 Å². The molecule has 0 aromatic heterocycles. The maximum absolute atomic E-state index is 11.2. The summed E-state index contributed by atoms with van der Waals surface area (Å²) in [7, 11) is 1.62. The van der Waals surface area contributed by atoms with Crippen molar-refractivity contribution in [3.8, 4) is 0 Å². The van der Waals surface area contributed by atoms with Crippen LogP contribution in [0.1, 0.15) is 12.8 Å². The lowest BCUT2D eigenvalue weighted by atomic mass is 9.96. The van der Waals surface area contributed by atoms with Crippen molar-refractivity contribution in [2.75, 3.05) is 20.1 Å². The highest BCUT2D eigenvalue weighted by Crippen LogP contribution is 2.16. The number of hydrogen-bond donors (Lipinski definition) is 1. The minimum atomic E-state index is -0.643. The van der Waals surface area contributed by atoms with Gasteiger partial charge in [0, 0.05) is 26.1 Å². The standard InChI is InChI=1S/C8H14N3O2/c1-10-7(12)6-2-4-11(5-3-6)8(9)13/h6,9H,2-5H2,1H3,(H,10,12). The Balaban J connectivity index is 2.39. The summed E-state index contributed by atoms with van der Waals surface area (Å²) in [6.07, 6.45) is 1.34. The summed E-state index contributed by atoms with van der Waals surface area (Å²) in [6, 6.07) is -0.643. The molecule has 0 aliphatic carbocycles. The van der Waals surface area contributed by atoms with Crippen LogP contribution in [-0.4, -0.2) is 37.0 Å². The van der Waals surface area contributed by atoms with Crippen LogP contribution in [0.5, 0.6) is 0 Å². The number of nitrogens with one attached hydrogen (secondary N) is 2. The molecule has 1 saturated heterocycles. The Hall–Kier alpha value is -1.26. The third kappa shape index (κ3) is 2.34. The third-order valence-corrected chi connectivity index (χ3v) is 2.40. The molecule has 5 heteroatoms. The minimum absolute atomic E-state index is 0.0144. The molecule has 0 atom stereocenters. The Bertz CT molecular complexity index is 209. The van der Waals surface area contributed by atoms with E-state index in [2.05, 4.69) is 5.32 Å². The fourth-order valence-electron chi connectivity index (χ4n) is 1.55. The summed E-state index contributed by atoms with van der Waals surface area (Å²) < 4.78 is 0. The van der Waals surface area contributed by atoms with Gasteiger partial charge in [-0.25, -0.2) is 10.5 Å². The van der Waals surface area contributed by atoms with E-state index in [0.29, 0.717) is 25.9 Å². The summed E-state index contributed by atoms with van der Waals surface area (Å²) in [5, 5.41) is 2.59. The van der Waals surface area contributed by atoms with Crippen molar-refractivity contribution in [2.24, 2.45) is 5.92 Å². The number of hydrogen-bond acceptors (Lipinski definition) is 2. The van der Waals surface area contributed by atoms with E-state index in [4.69, 9.17) is 5.73 Å². The first-order valence-electron chi connectivity index (χ1n) is 4.37. The van der Waals surface area contributed by atoms with Crippen LogP contribution in [0.15, 0.2) is 0 Å². The molecule has 1 aliphatic rings. The molecule has 0 unspecified atom stereocenters. The van der Waals surface area contributed by atoms with E-state index in [1.807, 2.05) is 0 Å². The monoisotopic (exact) mass is 184 g/mol. The van der Waals surface area contributed by atoms with Crippen LogP contribution in [0.2, 0.25) is 0 Å². The molecule has 5 nitrogen and oxygen atoms in total. The largest absolute Gasteiger partial charge is 0.359 e. The average molecular weight is 184 g/mol. The Morgan fingerprint density at radius 2 is 1.92 bits per heavy atom. The zero-order valence-electron chi connectivity index (χ0n) is 7.67. The van der Waals surface area contributed by atoms with Crippen molar-refractivity contribution in [1.82, 2.24) is 16.0 Å². The van der Waals surface area contributed by atoms with Crippen molar-refractivity contribution in [3.63, 3.8) is 0 Å². The third-order valence-electron chi connectivity index (χ3n) is 2.40. The minimum Gasteiger partial charge on any atom is -0.359 e. The molecule has 3 amide bonds. The summed E-state index contributed by atoms with van der Waals surface area (Å²) in [4.78, 5) is 23.3. The highest BCUT2D eigenvalue weighted by Gasteiger charge is 2.25. The van der Waals surface area contributed by atoms with Crippen molar-refractivity contribution >= 4 is 11.9 Å². The van der Waals surface area contributed by atoms with E-state index in [1.165, 1.54) is 4.90 Å². The van der Waals surface area contributed by atoms with E-state index in [1.54, 1.807) is 7.05 Å². The van der Waals surface area contributed by atoms with Gasteiger partial charge in [0.2, 0.25) is 5.91 Å². The van der Waals surface area contributed by atoms with E-state index >= 15 is 0 Å². The van der Waals surface area contributed by atoms with E-state index in [9.17, 15) is 9.59 Å². The van der Waals surface area contributed by atoms with Gasteiger partial charge >= 0.3 is 6.03 Å². The first-order valence-corrected chi connectivity index (χ1v) is 4.37. The number of nitrogens with zero attached hydrogens (tertiary/aromatic N) is 1. The van der Waals surface area contributed by atoms with Crippen LogP contribution in [0.4, 0.5) is 4.79 Å². The Morgan fingerprint density at radius 1 is 1.38 bits per heavy atom. The van der Waals surface area contributed by atoms with Crippen molar-refractivity contribution in [3.05, 3.63) is 0 Å². The lowest BCUT2D eigenvalue weighted by Gasteiger charge is -2.29. The quantitative estimate of drug-likeness (QED) is 0.615. The smallest absolute Gasteiger partial charge is 0.336 e. The number of carbonyl (C=O) groups is 2. The van der Waals surface area contributed by atoms with Crippen molar-refractivity contribution < 1.29 is 9.59 Å². The summed E-state index contributed by atoms with van der Waals surface area (Å²) in [5.74, 6) is 0.0534. The van der Waals surface area contributed by atoms with E-state index in [0.717, 1.165) is 0 Å². The molecule has 0 aromatic carbocycles. The molecule has 13 heavy (non-hydrogen) atoms. The van der Waals surface area contributed by atoms with Gasteiger partial charge in [-0.1, -0.05) is 0 Å². The van der Waals surface area contributed by atoms with Gasteiger partial charge < -0.3 is 10.2 Å². The maximum Gasteiger partial charge on any atom is 0.336 e. The summed E-state index contributed by atoms with van der Waals surface area (Å²) in [6.45, 7) is 1.06. The highest BCUT2D eigenvalue weighted by molar-refractivity contribution is 5.79. The molecule has 0 aromatic rings. The number of amides is 3. The summed E-state index contributed by atoms with van der Waals surface area (Å²) >= 11 is 0. The van der Waals surface area contributed by atoms with Crippen LogP contribution in [-0.2, 0) is 4.79 Å². The first-order chi connectivity index (χ1) is 6.15. The van der Waals surface area contributed by atoms with Gasteiger partial charge in [-0.15, -0.1) is 0 Å². The van der Waals surface area contributed by atoms with Gasteiger partial charge in [-0.2, -0.15) is 0 Å². The molecule has 1 heterocycles. The number of piperidine rings is 1. The number of urea groups is 1. The second kappa shape index (κ2) is 4.11. The SMILES string of the molecule is CNC(=O)C1CCN(C([NH])=O)CC1. The van der Waals surface area contributed by atoms with Crippen LogP contribution in [0.25, 0.3) is 0 Å². The zero-order chi connectivity index (χ0) is 9.84. The van der Waals surface area contributed by atoms with Crippen LogP contribution in [0, 0.1) is 5.92 Å². The van der Waals surface area contributed by atoms with Crippen LogP contribution in [0.3, 0.4) is 0 Å². The van der Waals surface area contributed by atoms with Gasteiger partial charge in [-0.3, -0.25) is 4.79 Å². The lowest BCUT2D eigenvalue weighted by molar-refractivity contribution is -0.125. The Morgan fingerprint density at radius 3 is 2.31 bits per heavy atom. The highest BCUT2D eigenvalue weighted by atomic mass is 16.2. The second-order valence-corrected chi connectivity index (χ2v) is 3.18. The Kier molecular flexibility index (Phi) is 3.11. The van der Waals surface area contributed by atoms with Gasteiger partial charge in [-0.05, 0) is 12.8 Å². The topological polar surface area (TPSA) is 73.2 Å². The molecule has 1 fully saturated rings. The maximum atomic E-state index is 11.2. The molecular weight excluding hydrogens is 170 g/mol. The molecule has 1 rings (SSSR count). The molecule has 73 valence electrons. The average Bonchev–Trinajstić information content (AvgIpc) is 2.17. The predicted molar refractivity (Wildman–Crippen MR) is 46.9 cm³/mol. The molecule has 0 saturated carbocycles. The van der Waals surface area contributed by atoms with Crippen molar-refractivity contribution in [1.29, 1.82) is 0 Å². The van der Waals surface area contributed by atoms with Crippen LogP contribution >= 0.6 is 0 Å². The fourth-order valence-corrected chi connectivity index (χ4v) is 1.55. The van der Waals surface area contributed by atoms with Crippen molar-refractivity contribution in [2.45, 2.75) is 12.8 Å². The molecule has 1 aliphatic heterocycles. The molecule has 0 bridgehead atoms. The molecule has 1 radical (unpaired) electrons. The number of likely N-dealkylation sites (tertiary alicyclic amines) is 1. The number of rotatable bonds is 1. The van der Waals surface area contributed by atoms with E-state index in [-0.39, 0.29) is 11.8 Å². The van der Waals surface area contributed by atoms with E-state index < -0.39 is 6.03 Å². The summed E-state index contributed by atoms with van der Waals surface area (Å²) in [5.41, 5.74) is 6.88.